The molecule has 4 nitrogen and oxygen atoms in total. The highest BCUT2D eigenvalue weighted by Gasteiger charge is 2.36. The highest BCUT2D eigenvalue weighted by Crippen LogP contribution is 2.39. The van der Waals surface area contributed by atoms with Crippen molar-refractivity contribution in [2.75, 3.05) is 0 Å². The van der Waals surface area contributed by atoms with Gasteiger partial charge in [0, 0.05) is 24.3 Å². The summed E-state index contributed by atoms with van der Waals surface area (Å²) in [7, 11) is 1.93. The smallest absolute Gasteiger partial charge is 0.224 e. The molecule has 1 fully saturated rings. The molecule has 1 aliphatic rings. The third-order valence-electron chi connectivity index (χ3n) is 4.97. The van der Waals surface area contributed by atoms with E-state index in [1.54, 1.807) is 0 Å². The van der Waals surface area contributed by atoms with E-state index < -0.39 is 0 Å². The van der Waals surface area contributed by atoms with Crippen LogP contribution in [0.4, 0.5) is 0 Å². The summed E-state index contributed by atoms with van der Waals surface area (Å²) >= 11 is 0. The molecule has 2 unspecified atom stereocenters. The maximum Gasteiger partial charge on any atom is 0.224 e. The minimum Gasteiger partial charge on any atom is -0.353 e. The van der Waals surface area contributed by atoms with Gasteiger partial charge in [0.1, 0.15) is 0 Å². The predicted molar refractivity (Wildman–Crippen MR) is 85.1 cm³/mol. The van der Waals surface area contributed by atoms with Crippen LogP contribution in [-0.4, -0.2) is 21.7 Å². The van der Waals surface area contributed by atoms with Gasteiger partial charge in [0.2, 0.25) is 5.91 Å². The molecule has 0 saturated heterocycles. The molecule has 21 heavy (non-hydrogen) atoms. The van der Waals surface area contributed by atoms with E-state index in [9.17, 15) is 4.79 Å². The molecular formula is C17H29N3O. The van der Waals surface area contributed by atoms with E-state index in [2.05, 4.69) is 31.2 Å². The second kappa shape index (κ2) is 5.82. The summed E-state index contributed by atoms with van der Waals surface area (Å²) in [6, 6.07) is 0.329. The van der Waals surface area contributed by atoms with Crippen molar-refractivity contribution in [2.24, 2.45) is 18.4 Å². The first-order valence-electron chi connectivity index (χ1n) is 7.98. The molecule has 118 valence electrons. The summed E-state index contributed by atoms with van der Waals surface area (Å²) in [6.07, 6.45) is 3.99. The van der Waals surface area contributed by atoms with E-state index in [1.807, 2.05) is 25.6 Å². The largest absolute Gasteiger partial charge is 0.353 e. The normalized spacial score (nSPS) is 22.6. The quantitative estimate of drug-likeness (QED) is 0.931. The van der Waals surface area contributed by atoms with Gasteiger partial charge in [-0.05, 0) is 38.0 Å². The number of hydrogen-bond donors (Lipinski definition) is 1. The van der Waals surface area contributed by atoms with Crippen LogP contribution in [0.25, 0.3) is 0 Å². The standard InChI is InChI=1S/C17H29N3O/c1-11-13(12(2)20(6)19-11)10-16(21)18-15-9-7-8-14(15)17(3,4)5/h14-15H,7-10H2,1-6H3,(H,18,21). The first-order valence-corrected chi connectivity index (χ1v) is 7.98. The molecule has 1 aromatic rings. The van der Waals surface area contributed by atoms with Crippen molar-refractivity contribution in [2.45, 2.75) is 66.3 Å². The summed E-state index contributed by atoms with van der Waals surface area (Å²) in [4.78, 5) is 12.4. The molecule has 1 aliphatic carbocycles. The molecule has 4 heteroatoms. The molecule has 1 heterocycles. The van der Waals surface area contributed by atoms with E-state index in [4.69, 9.17) is 0 Å². The fourth-order valence-corrected chi connectivity index (χ4v) is 3.66. The second-order valence-electron chi connectivity index (χ2n) is 7.53. The van der Waals surface area contributed by atoms with Crippen LogP contribution in [-0.2, 0) is 18.3 Å². The van der Waals surface area contributed by atoms with Crippen molar-refractivity contribution in [3.05, 3.63) is 17.0 Å². The van der Waals surface area contributed by atoms with Crippen LogP contribution < -0.4 is 5.32 Å². The van der Waals surface area contributed by atoms with Gasteiger partial charge < -0.3 is 5.32 Å². The number of carbonyl (C=O) groups excluding carboxylic acids is 1. The number of carbonyl (C=O) groups is 1. The molecule has 2 atom stereocenters. The fourth-order valence-electron chi connectivity index (χ4n) is 3.66. The lowest BCUT2D eigenvalue weighted by Crippen LogP contribution is -2.42. The molecular weight excluding hydrogens is 262 g/mol. The number of hydrogen-bond acceptors (Lipinski definition) is 2. The van der Waals surface area contributed by atoms with E-state index in [0.29, 0.717) is 18.4 Å². The summed E-state index contributed by atoms with van der Waals surface area (Å²) in [6.45, 7) is 10.8. The molecule has 0 aromatic carbocycles. The van der Waals surface area contributed by atoms with E-state index in [-0.39, 0.29) is 11.3 Å². The molecule has 1 amide bonds. The molecule has 1 N–H and O–H groups in total. The Hall–Kier alpha value is -1.32. The lowest BCUT2D eigenvalue weighted by atomic mass is 9.77. The Kier molecular flexibility index (Phi) is 4.45. The van der Waals surface area contributed by atoms with Crippen LogP contribution in [0, 0.1) is 25.2 Å². The second-order valence-corrected chi connectivity index (χ2v) is 7.53. The van der Waals surface area contributed by atoms with Gasteiger partial charge in [-0.2, -0.15) is 5.10 Å². The SMILES string of the molecule is Cc1nn(C)c(C)c1CC(=O)NC1CCCC1C(C)(C)C. The van der Waals surface area contributed by atoms with Gasteiger partial charge in [-0.1, -0.05) is 27.2 Å². The summed E-state index contributed by atoms with van der Waals surface area (Å²) in [5, 5.41) is 7.66. The fraction of sp³-hybridized carbons (Fsp3) is 0.765. The van der Waals surface area contributed by atoms with E-state index in [0.717, 1.165) is 23.4 Å². The van der Waals surface area contributed by atoms with Gasteiger partial charge in [-0.25, -0.2) is 0 Å². The molecule has 0 aliphatic heterocycles. The van der Waals surface area contributed by atoms with Crippen LogP contribution in [0.3, 0.4) is 0 Å². The highest BCUT2D eigenvalue weighted by molar-refractivity contribution is 5.79. The highest BCUT2D eigenvalue weighted by atomic mass is 16.1. The van der Waals surface area contributed by atoms with Crippen LogP contribution in [0.15, 0.2) is 0 Å². The summed E-state index contributed by atoms with van der Waals surface area (Å²) in [5.41, 5.74) is 3.37. The Bertz CT molecular complexity index is 525. The molecule has 0 bridgehead atoms. The van der Waals surface area contributed by atoms with Crippen LogP contribution >= 0.6 is 0 Å². The summed E-state index contributed by atoms with van der Waals surface area (Å²) in [5.74, 6) is 0.716. The number of amides is 1. The van der Waals surface area contributed by atoms with Gasteiger partial charge in [0.05, 0.1) is 12.1 Å². The first-order chi connectivity index (χ1) is 9.70. The molecule has 2 rings (SSSR count). The molecule has 1 saturated carbocycles. The Morgan fingerprint density at radius 2 is 2.00 bits per heavy atom. The van der Waals surface area contributed by atoms with Crippen molar-refractivity contribution in [1.29, 1.82) is 0 Å². The lowest BCUT2D eigenvalue weighted by Gasteiger charge is -2.32. The number of rotatable bonds is 3. The van der Waals surface area contributed by atoms with Crippen molar-refractivity contribution < 1.29 is 4.79 Å². The summed E-state index contributed by atoms with van der Waals surface area (Å²) < 4.78 is 1.85. The van der Waals surface area contributed by atoms with Crippen molar-refractivity contribution >= 4 is 5.91 Å². The minimum atomic E-state index is 0.135. The predicted octanol–water partition coefficient (Wildman–Crippen LogP) is 2.91. The maximum atomic E-state index is 12.4. The van der Waals surface area contributed by atoms with Crippen molar-refractivity contribution in [1.82, 2.24) is 15.1 Å². The van der Waals surface area contributed by atoms with Crippen LogP contribution in [0.2, 0.25) is 0 Å². The minimum absolute atomic E-state index is 0.135. The Morgan fingerprint density at radius 1 is 1.33 bits per heavy atom. The van der Waals surface area contributed by atoms with Gasteiger partial charge in [-0.3, -0.25) is 9.48 Å². The number of nitrogens with zero attached hydrogens (tertiary/aromatic N) is 2. The molecule has 0 spiro atoms. The van der Waals surface area contributed by atoms with Crippen molar-refractivity contribution in [3.63, 3.8) is 0 Å². The van der Waals surface area contributed by atoms with Gasteiger partial charge >= 0.3 is 0 Å². The average Bonchev–Trinajstić information content (AvgIpc) is 2.90. The zero-order chi connectivity index (χ0) is 15.8. The molecule has 0 radical (unpaired) electrons. The third kappa shape index (κ3) is 3.47. The number of aryl methyl sites for hydroxylation is 2. The molecule has 1 aromatic heterocycles. The van der Waals surface area contributed by atoms with Crippen LogP contribution in [0.1, 0.15) is 57.0 Å². The van der Waals surface area contributed by atoms with E-state index >= 15 is 0 Å². The number of aromatic nitrogens is 2. The van der Waals surface area contributed by atoms with Gasteiger partial charge in [0.15, 0.2) is 0 Å². The monoisotopic (exact) mass is 291 g/mol. The van der Waals surface area contributed by atoms with Gasteiger partial charge in [-0.15, -0.1) is 0 Å². The van der Waals surface area contributed by atoms with Crippen LogP contribution in [0.5, 0.6) is 0 Å². The topological polar surface area (TPSA) is 46.9 Å². The zero-order valence-electron chi connectivity index (χ0n) is 14.3. The Balaban J connectivity index is 2.02. The average molecular weight is 291 g/mol. The lowest BCUT2D eigenvalue weighted by molar-refractivity contribution is -0.121. The first kappa shape index (κ1) is 16.1. The number of nitrogens with one attached hydrogen (secondary N) is 1. The van der Waals surface area contributed by atoms with E-state index in [1.165, 1.54) is 12.8 Å². The maximum absolute atomic E-state index is 12.4. The van der Waals surface area contributed by atoms with Crippen molar-refractivity contribution in [3.8, 4) is 0 Å². The third-order valence-corrected chi connectivity index (χ3v) is 4.97. The van der Waals surface area contributed by atoms with Gasteiger partial charge in [0.25, 0.3) is 0 Å². The zero-order valence-corrected chi connectivity index (χ0v) is 14.3. The Labute approximate surface area is 128 Å². The Morgan fingerprint density at radius 3 is 2.52 bits per heavy atom.